The Labute approximate surface area is 66.8 Å². The zero-order valence-electron chi connectivity index (χ0n) is 6.21. The van der Waals surface area contributed by atoms with E-state index in [1.165, 1.54) is 6.42 Å². The minimum Gasteiger partial charge on any atom is -0.394 e. The van der Waals surface area contributed by atoms with Crippen LogP contribution in [0.25, 0.3) is 0 Å². The third-order valence-electron chi connectivity index (χ3n) is 1.99. The second kappa shape index (κ2) is 3.30. The van der Waals surface area contributed by atoms with Gasteiger partial charge < -0.3 is 10.0 Å². The summed E-state index contributed by atoms with van der Waals surface area (Å²) in [4.78, 5) is 3.02. The lowest BCUT2D eigenvalue weighted by Gasteiger charge is -2.23. The minimum absolute atomic E-state index is 0.244. The molecule has 0 amide bonds. The monoisotopic (exact) mass is 159 g/mol. The van der Waals surface area contributed by atoms with Crippen molar-refractivity contribution in [2.24, 2.45) is 0 Å². The van der Waals surface area contributed by atoms with Crippen molar-refractivity contribution in [2.75, 3.05) is 13.2 Å². The van der Waals surface area contributed by atoms with Crippen molar-refractivity contribution in [3.05, 3.63) is 0 Å². The summed E-state index contributed by atoms with van der Waals surface area (Å²) in [5.41, 5.74) is 0. The molecule has 0 aromatic heterocycles. The molecule has 10 heavy (non-hydrogen) atoms. The molecule has 0 bridgehead atoms. The third-order valence-corrected chi connectivity index (χ3v) is 2.23. The molecule has 58 valence electrons. The Morgan fingerprint density at radius 2 is 2.50 bits per heavy atom. The van der Waals surface area contributed by atoms with Gasteiger partial charge in [0.05, 0.1) is 17.6 Å². The lowest BCUT2D eigenvalue weighted by Crippen LogP contribution is -2.34. The van der Waals surface area contributed by atoms with E-state index in [1.54, 1.807) is 0 Å². The van der Waals surface area contributed by atoms with Crippen LogP contribution in [0.4, 0.5) is 0 Å². The number of hydrogen-bond donors (Lipinski definition) is 1. The van der Waals surface area contributed by atoms with Crippen LogP contribution in [0.2, 0.25) is 0 Å². The van der Waals surface area contributed by atoms with E-state index in [1.807, 2.05) is 6.92 Å². The molecule has 1 atom stereocenters. The summed E-state index contributed by atoms with van der Waals surface area (Å²) in [5, 5.41) is 8.88. The highest BCUT2D eigenvalue weighted by Gasteiger charge is 2.23. The predicted octanol–water partition coefficient (Wildman–Crippen LogP) is 0.790. The van der Waals surface area contributed by atoms with Crippen LogP contribution in [-0.4, -0.2) is 34.2 Å². The Balaban J connectivity index is 2.50. The van der Waals surface area contributed by atoms with Crippen molar-refractivity contribution >= 4 is 17.2 Å². The maximum absolute atomic E-state index is 8.88. The topological polar surface area (TPSA) is 23.5 Å². The first-order valence-electron chi connectivity index (χ1n) is 3.63. The van der Waals surface area contributed by atoms with Crippen molar-refractivity contribution in [1.82, 2.24) is 4.90 Å². The van der Waals surface area contributed by atoms with Gasteiger partial charge in [-0.15, -0.1) is 0 Å². The Hall–Kier alpha value is -0.150. The summed E-state index contributed by atoms with van der Waals surface area (Å²) in [6.07, 6.45) is 2.25. The summed E-state index contributed by atoms with van der Waals surface area (Å²) in [6, 6.07) is 0.303. The molecule has 1 N–H and O–H groups in total. The van der Waals surface area contributed by atoms with Gasteiger partial charge in [0.2, 0.25) is 0 Å². The molecule has 2 nitrogen and oxygen atoms in total. The van der Waals surface area contributed by atoms with Gasteiger partial charge >= 0.3 is 0 Å². The molecule has 0 aromatic carbocycles. The van der Waals surface area contributed by atoms with Gasteiger partial charge in [-0.05, 0) is 19.8 Å². The molecule has 1 heterocycles. The molecule has 0 unspecified atom stereocenters. The van der Waals surface area contributed by atoms with Gasteiger partial charge in [0.15, 0.2) is 0 Å². The molecular formula is C7H13NOS. The number of nitrogens with zero attached hydrogens (tertiary/aromatic N) is 1. The number of likely N-dealkylation sites (tertiary alicyclic amines) is 1. The SMILES string of the molecule is CC(=S)N1CCC[C@H]1CO. The first kappa shape index (κ1) is 7.95. The van der Waals surface area contributed by atoms with Crippen LogP contribution in [0.5, 0.6) is 0 Å². The summed E-state index contributed by atoms with van der Waals surface area (Å²) in [5.74, 6) is 0. The Morgan fingerprint density at radius 1 is 1.80 bits per heavy atom. The Morgan fingerprint density at radius 3 is 2.90 bits per heavy atom. The minimum atomic E-state index is 0.244. The highest BCUT2D eigenvalue weighted by atomic mass is 32.1. The Bertz CT molecular complexity index is 138. The molecule has 1 fully saturated rings. The number of rotatable bonds is 1. The molecule has 0 aromatic rings. The standard InChI is InChI=1S/C7H13NOS/c1-6(10)8-4-2-3-7(8)5-9/h7,9H,2-5H2,1H3/t7-/m0/s1. The second-order valence-corrected chi connectivity index (χ2v) is 3.28. The van der Waals surface area contributed by atoms with E-state index in [2.05, 4.69) is 4.90 Å². The molecule has 1 aliphatic heterocycles. The van der Waals surface area contributed by atoms with E-state index in [0.29, 0.717) is 6.04 Å². The number of hydrogen-bond acceptors (Lipinski definition) is 2. The number of aliphatic hydroxyl groups is 1. The molecule has 0 radical (unpaired) electrons. The van der Waals surface area contributed by atoms with Crippen molar-refractivity contribution in [1.29, 1.82) is 0 Å². The molecular weight excluding hydrogens is 146 g/mol. The first-order valence-corrected chi connectivity index (χ1v) is 4.04. The number of thiocarbonyl (C=S) groups is 1. The van der Waals surface area contributed by atoms with Crippen LogP contribution in [0.15, 0.2) is 0 Å². The van der Waals surface area contributed by atoms with Crippen molar-refractivity contribution in [3.8, 4) is 0 Å². The molecule has 1 saturated heterocycles. The largest absolute Gasteiger partial charge is 0.394 e. The maximum Gasteiger partial charge on any atom is 0.0751 e. The molecule has 0 spiro atoms. The van der Waals surface area contributed by atoms with Crippen LogP contribution in [0.1, 0.15) is 19.8 Å². The smallest absolute Gasteiger partial charge is 0.0751 e. The first-order chi connectivity index (χ1) is 4.75. The average molecular weight is 159 g/mol. The molecule has 3 heteroatoms. The van der Waals surface area contributed by atoms with E-state index in [4.69, 9.17) is 17.3 Å². The lowest BCUT2D eigenvalue weighted by molar-refractivity contribution is 0.209. The fourth-order valence-electron chi connectivity index (χ4n) is 1.44. The van der Waals surface area contributed by atoms with Gasteiger partial charge in [-0.3, -0.25) is 0 Å². The van der Waals surface area contributed by atoms with Crippen LogP contribution in [0.3, 0.4) is 0 Å². The summed E-state index contributed by atoms with van der Waals surface area (Å²) in [6.45, 7) is 3.19. The van der Waals surface area contributed by atoms with Gasteiger partial charge in [-0.2, -0.15) is 0 Å². The Kier molecular flexibility index (Phi) is 2.63. The van der Waals surface area contributed by atoms with Gasteiger partial charge in [0.25, 0.3) is 0 Å². The summed E-state index contributed by atoms with van der Waals surface area (Å²) >= 11 is 5.01. The van der Waals surface area contributed by atoms with Crippen molar-refractivity contribution in [3.63, 3.8) is 0 Å². The van der Waals surface area contributed by atoms with Crippen LogP contribution in [-0.2, 0) is 0 Å². The molecule has 0 saturated carbocycles. The molecule has 0 aliphatic carbocycles. The van der Waals surface area contributed by atoms with Gasteiger partial charge in [0.1, 0.15) is 0 Å². The van der Waals surface area contributed by atoms with E-state index >= 15 is 0 Å². The maximum atomic E-state index is 8.88. The molecule has 1 rings (SSSR count). The van der Waals surface area contributed by atoms with Crippen molar-refractivity contribution < 1.29 is 5.11 Å². The summed E-state index contributed by atoms with van der Waals surface area (Å²) in [7, 11) is 0. The van der Waals surface area contributed by atoms with Crippen LogP contribution < -0.4 is 0 Å². The summed E-state index contributed by atoms with van der Waals surface area (Å²) < 4.78 is 0. The predicted molar refractivity (Wildman–Crippen MR) is 45.1 cm³/mol. The number of aliphatic hydroxyl groups excluding tert-OH is 1. The van der Waals surface area contributed by atoms with Gasteiger partial charge in [-0.1, -0.05) is 12.2 Å². The fraction of sp³-hybridized carbons (Fsp3) is 0.857. The van der Waals surface area contributed by atoms with Gasteiger partial charge in [-0.25, -0.2) is 0 Å². The van der Waals surface area contributed by atoms with Crippen molar-refractivity contribution in [2.45, 2.75) is 25.8 Å². The van der Waals surface area contributed by atoms with E-state index in [-0.39, 0.29) is 6.61 Å². The van der Waals surface area contributed by atoms with Crippen LogP contribution >= 0.6 is 12.2 Å². The van der Waals surface area contributed by atoms with E-state index in [0.717, 1.165) is 18.0 Å². The molecule has 1 aliphatic rings. The van der Waals surface area contributed by atoms with Crippen LogP contribution in [0, 0.1) is 0 Å². The van der Waals surface area contributed by atoms with E-state index in [9.17, 15) is 0 Å². The zero-order chi connectivity index (χ0) is 7.56. The van der Waals surface area contributed by atoms with Gasteiger partial charge in [0, 0.05) is 6.54 Å². The highest BCUT2D eigenvalue weighted by molar-refractivity contribution is 7.80. The van der Waals surface area contributed by atoms with E-state index < -0.39 is 0 Å². The third kappa shape index (κ3) is 1.47. The zero-order valence-corrected chi connectivity index (χ0v) is 7.02. The second-order valence-electron chi connectivity index (χ2n) is 2.69. The highest BCUT2D eigenvalue weighted by Crippen LogP contribution is 2.16. The quantitative estimate of drug-likeness (QED) is 0.572. The normalized spacial score (nSPS) is 25.4. The lowest BCUT2D eigenvalue weighted by atomic mass is 10.2. The fourth-order valence-corrected chi connectivity index (χ4v) is 1.68. The average Bonchev–Trinajstić information content (AvgIpc) is 2.33.